The molecule has 2 heterocycles. The van der Waals surface area contributed by atoms with E-state index in [-0.39, 0.29) is 24.4 Å². The number of hydrogen-bond donors (Lipinski definition) is 1. The number of aryl methyl sites for hydroxylation is 2. The number of rotatable bonds is 2. The van der Waals surface area contributed by atoms with Gasteiger partial charge in [0.1, 0.15) is 5.69 Å². The summed E-state index contributed by atoms with van der Waals surface area (Å²) in [5, 5.41) is 4.23. The third kappa shape index (κ3) is 3.09. The normalized spacial score (nSPS) is 23.1. The number of halogens is 1. The van der Waals surface area contributed by atoms with Crippen LogP contribution in [0.3, 0.4) is 0 Å². The van der Waals surface area contributed by atoms with E-state index in [1.165, 1.54) is 0 Å². The molecule has 108 valence electrons. The van der Waals surface area contributed by atoms with E-state index in [1.807, 2.05) is 24.9 Å². The van der Waals surface area contributed by atoms with Crippen molar-refractivity contribution in [1.29, 1.82) is 0 Å². The van der Waals surface area contributed by atoms with E-state index < -0.39 is 0 Å². The van der Waals surface area contributed by atoms with Crippen LogP contribution in [-0.2, 0) is 7.05 Å². The van der Waals surface area contributed by atoms with Crippen LogP contribution in [-0.4, -0.2) is 39.7 Å². The highest BCUT2D eigenvalue weighted by Crippen LogP contribution is 2.24. The summed E-state index contributed by atoms with van der Waals surface area (Å²) in [5.74, 6) is 0.530. The van der Waals surface area contributed by atoms with E-state index in [0.717, 1.165) is 25.1 Å². The topological polar surface area (TPSA) is 64.2 Å². The first-order valence-corrected chi connectivity index (χ1v) is 6.56. The van der Waals surface area contributed by atoms with Crippen LogP contribution in [0.25, 0.3) is 0 Å². The Morgan fingerprint density at radius 1 is 1.58 bits per heavy atom. The van der Waals surface area contributed by atoms with Gasteiger partial charge in [-0.2, -0.15) is 5.10 Å². The summed E-state index contributed by atoms with van der Waals surface area (Å²) in [6, 6.07) is 2.00. The SMILES string of the molecule is Cc1cc(C(=O)N2CCCC(C)C2CN)n(C)n1.Cl. The Hall–Kier alpha value is -1.07. The lowest BCUT2D eigenvalue weighted by Crippen LogP contribution is -2.51. The standard InChI is InChI=1S/C13H22N4O.ClH/c1-9-5-4-6-17(12(9)8-14)13(18)11-7-10(2)15-16(11)3;/h7,9,12H,4-6,8,14H2,1-3H3;1H. The molecule has 1 saturated heterocycles. The summed E-state index contributed by atoms with van der Waals surface area (Å²) in [6.45, 7) is 5.40. The Balaban J connectivity index is 0.00000180. The first-order valence-electron chi connectivity index (χ1n) is 6.56. The minimum absolute atomic E-state index is 0. The number of amides is 1. The predicted molar refractivity (Wildman–Crippen MR) is 77.5 cm³/mol. The summed E-state index contributed by atoms with van der Waals surface area (Å²) in [5.41, 5.74) is 7.35. The molecule has 2 rings (SSSR count). The van der Waals surface area contributed by atoms with Gasteiger partial charge in [0, 0.05) is 26.2 Å². The molecule has 0 spiro atoms. The van der Waals surface area contributed by atoms with Gasteiger partial charge in [-0.1, -0.05) is 6.92 Å². The first-order chi connectivity index (χ1) is 8.54. The van der Waals surface area contributed by atoms with Crippen molar-refractivity contribution in [3.05, 3.63) is 17.5 Å². The fraction of sp³-hybridized carbons (Fsp3) is 0.692. The van der Waals surface area contributed by atoms with E-state index in [2.05, 4.69) is 12.0 Å². The van der Waals surface area contributed by atoms with E-state index in [0.29, 0.717) is 18.2 Å². The van der Waals surface area contributed by atoms with Gasteiger partial charge in [-0.3, -0.25) is 9.48 Å². The number of piperidine rings is 1. The molecule has 1 amide bonds. The lowest BCUT2D eigenvalue weighted by Gasteiger charge is -2.39. The fourth-order valence-corrected chi connectivity index (χ4v) is 2.82. The molecule has 0 bridgehead atoms. The zero-order valence-electron chi connectivity index (χ0n) is 11.8. The predicted octanol–water partition coefficient (Wildman–Crippen LogP) is 1.35. The molecule has 1 aliphatic rings. The molecule has 1 aliphatic heterocycles. The molecule has 1 fully saturated rings. The molecule has 2 N–H and O–H groups in total. The fourth-order valence-electron chi connectivity index (χ4n) is 2.82. The van der Waals surface area contributed by atoms with Crippen molar-refractivity contribution >= 4 is 18.3 Å². The Bertz CT molecular complexity index is 446. The number of carbonyl (C=O) groups is 1. The Kier molecular flexibility index (Phi) is 5.38. The molecule has 0 saturated carbocycles. The largest absolute Gasteiger partial charge is 0.333 e. The molecule has 5 nitrogen and oxygen atoms in total. The first kappa shape index (κ1) is 16.0. The molecule has 0 radical (unpaired) electrons. The van der Waals surface area contributed by atoms with Gasteiger partial charge in [-0.15, -0.1) is 12.4 Å². The van der Waals surface area contributed by atoms with E-state index >= 15 is 0 Å². The highest BCUT2D eigenvalue weighted by Gasteiger charge is 2.32. The summed E-state index contributed by atoms with van der Waals surface area (Å²) in [7, 11) is 1.81. The molecule has 2 unspecified atom stereocenters. The third-order valence-corrected chi connectivity index (χ3v) is 3.84. The summed E-state index contributed by atoms with van der Waals surface area (Å²) >= 11 is 0. The molecule has 19 heavy (non-hydrogen) atoms. The van der Waals surface area contributed by atoms with Crippen molar-refractivity contribution in [2.45, 2.75) is 32.7 Å². The van der Waals surface area contributed by atoms with E-state index in [1.54, 1.807) is 4.68 Å². The van der Waals surface area contributed by atoms with Gasteiger partial charge in [-0.25, -0.2) is 0 Å². The quantitative estimate of drug-likeness (QED) is 0.892. The van der Waals surface area contributed by atoms with Crippen molar-refractivity contribution < 1.29 is 4.79 Å². The van der Waals surface area contributed by atoms with Gasteiger partial charge >= 0.3 is 0 Å². The van der Waals surface area contributed by atoms with Gasteiger partial charge in [0.05, 0.1) is 5.69 Å². The van der Waals surface area contributed by atoms with Gasteiger partial charge in [0.15, 0.2) is 0 Å². The number of nitrogens with zero attached hydrogens (tertiary/aromatic N) is 3. The maximum absolute atomic E-state index is 12.6. The van der Waals surface area contributed by atoms with Crippen LogP contribution in [0.1, 0.15) is 35.9 Å². The second-order valence-electron chi connectivity index (χ2n) is 5.22. The number of aromatic nitrogens is 2. The molecular formula is C13H23ClN4O. The van der Waals surface area contributed by atoms with Crippen LogP contribution >= 0.6 is 12.4 Å². The summed E-state index contributed by atoms with van der Waals surface area (Å²) in [4.78, 5) is 14.5. The lowest BCUT2D eigenvalue weighted by atomic mass is 9.90. The maximum atomic E-state index is 12.6. The molecule has 1 aromatic rings. The van der Waals surface area contributed by atoms with Crippen molar-refractivity contribution in [2.24, 2.45) is 18.7 Å². The zero-order valence-corrected chi connectivity index (χ0v) is 12.6. The molecule has 2 atom stereocenters. The number of nitrogens with two attached hydrogens (primary N) is 1. The molecule has 0 aromatic carbocycles. The van der Waals surface area contributed by atoms with Crippen LogP contribution in [0.4, 0.5) is 0 Å². The lowest BCUT2D eigenvalue weighted by molar-refractivity contribution is 0.0521. The van der Waals surface area contributed by atoms with Crippen LogP contribution in [0.5, 0.6) is 0 Å². The van der Waals surface area contributed by atoms with Gasteiger partial charge in [-0.05, 0) is 31.7 Å². The smallest absolute Gasteiger partial charge is 0.272 e. The van der Waals surface area contributed by atoms with Crippen molar-refractivity contribution in [3.63, 3.8) is 0 Å². The van der Waals surface area contributed by atoms with Crippen LogP contribution in [0.2, 0.25) is 0 Å². The number of carbonyl (C=O) groups excluding carboxylic acids is 1. The van der Waals surface area contributed by atoms with Crippen LogP contribution < -0.4 is 5.73 Å². The zero-order chi connectivity index (χ0) is 13.3. The maximum Gasteiger partial charge on any atom is 0.272 e. The van der Waals surface area contributed by atoms with Crippen molar-refractivity contribution in [1.82, 2.24) is 14.7 Å². The summed E-state index contributed by atoms with van der Waals surface area (Å²) < 4.78 is 1.66. The minimum atomic E-state index is 0. The average molecular weight is 287 g/mol. The Labute approximate surface area is 120 Å². The minimum Gasteiger partial charge on any atom is -0.333 e. The molecule has 6 heteroatoms. The van der Waals surface area contributed by atoms with Gasteiger partial charge < -0.3 is 10.6 Å². The monoisotopic (exact) mass is 286 g/mol. The third-order valence-electron chi connectivity index (χ3n) is 3.84. The van der Waals surface area contributed by atoms with E-state index in [4.69, 9.17) is 5.73 Å². The second kappa shape index (κ2) is 6.39. The van der Waals surface area contributed by atoms with Gasteiger partial charge in [0.25, 0.3) is 5.91 Å². The second-order valence-corrected chi connectivity index (χ2v) is 5.22. The molecule has 1 aromatic heterocycles. The van der Waals surface area contributed by atoms with Gasteiger partial charge in [0.2, 0.25) is 0 Å². The highest BCUT2D eigenvalue weighted by molar-refractivity contribution is 5.93. The number of hydrogen-bond acceptors (Lipinski definition) is 3. The Morgan fingerprint density at radius 2 is 2.26 bits per heavy atom. The van der Waals surface area contributed by atoms with E-state index in [9.17, 15) is 4.79 Å². The van der Waals surface area contributed by atoms with Crippen molar-refractivity contribution in [3.8, 4) is 0 Å². The molecular weight excluding hydrogens is 264 g/mol. The highest BCUT2D eigenvalue weighted by atomic mass is 35.5. The average Bonchev–Trinajstić information content (AvgIpc) is 2.67. The van der Waals surface area contributed by atoms with Crippen LogP contribution in [0, 0.1) is 12.8 Å². The summed E-state index contributed by atoms with van der Waals surface area (Å²) in [6.07, 6.45) is 2.20. The Morgan fingerprint density at radius 3 is 2.79 bits per heavy atom. The number of likely N-dealkylation sites (tertiary alicyclic amines) is 1. The molecule has 0 aliphatic carbocycles. The van der Waals surface area contributed by atoms with Crippen molar-refractivity contribution in [2.75, 3.05) is 13.1 Å². The van der Waals surface area contributed by atoms with Crippen LogP contribution in [0.15, 0.2) is 6.07 Å².